The zero-order valence-corrected chi connectivity index (χ0v) is 14.6. The molecule has 2 heterocycles. The first-order chi connectivity index (χ1) is 11.0. The van der Waals surface area contributed by atoms with Crippen molar-refractivity contribution in [1.82, 2.24) is 4.90 Å². The molecule has 4 rings (SSSR count). The fraction of sp³-hybridized carbons (Fsp3) is 0.684. The Morgan fingerprint density at radius 1 is 1.35 bits per heavy atom. The Balaban J connectivity index is 1.98. The van der Waals surface area contributed by atoms with Crippen molar-refractivity contribution in [1.29, 1.82) is 0 Å². The van der Waals surface area contributed by atoms with Crippen LogP contribution in [-0.2, 0) is 5.41 Å². The number of aliphatic hydroxyl groups is 1. The van der Waals surface area contributed by atoms with Gasteiger partial charge in [0, 0.05) is 11.6 Å². The molecule has 2 aliphatic heterocycles. The molecular weight excluding hydrogens is 290 g/mol. The molecule has 4 atom stereocenters. The van der Waals surface area contributed by atoms with Gasteiger partial charge in [0.15, 0.2) is 11.5 Å². The van der Waals surface area contributed by atoms with Crippen LogP contribution < -0.4 is 9.47 Å². The number of hydrogen-bond donors (Lipinski definition) is 1. The first kappa shape index (κ1) is 15.3. The number of likely N-dealkylation sites (N-methyl/N-ethyl adjacent to an activating group) is 1. The molecule has 1 spiro atoms. The highest BCUT2D eigenvalue weighted by Crippen LogP contribution is 2.62. The van der Waals surface area contributed by atoms with Gasteiger partial charge in [0.05, 0.1) is 18.1 Å². The van der Waals surface area contributed by atoms with Gasteiger partial charge in [0.1, 0.15) is 6.10 Å². The van der Waals surface area contributed by atoms with Gasteiger partial charge >= 0.3 is 0 Å². The number of rotatable bonds is 1. The molecular formula is C19H27NO3. The predicted octanol–water partition coefficient (Wildman–Crippen LogP) is 2.64. The number of ether oxygens (including phenoxy) is 2. The van der Waals surface area contributed by atoms with E-state index in [4.69, 9.17) is 9.47 Å². The monoisotopic (exact) mass is 317 g/mol. The minimum Gasteiger partial charge on any atom is -0.493 e. The van der Waals surface area contributed by atoms with Gasteiger partial charge in [-0.25, -0.2) is 0 Å². The molecule has 1 aromatic rings. The third-order valence-corrected chi connectivity index (χ3v) is 6.81. The van der Waals surface area contributed by atoms with Gasteiger partial charge in [-0.15, -0.1) is 0 Å². The summed E-state index contributed by atoms with van der Waals surface area (Å²) in [5, 5.41) is 11.9. The summed E-state index contributed by atoms with van der Waals surface area (Å²) in [5.74, 6) is 1.66. The van der Waals surface area contributed by atoms with Crippen molar-refractivity contribution in [3.63, 3.8) is 0 Å². The van der Waals surface area contributed by atoms with Crippen LogP contribution >= 0.6 is 0 Å². The first-order valence-electron chi connectivity index (χ1n) is 8.73. The molecule has 0 unspecified atom stereocenters. The second kappa shape index (κ2) is 4.87. The molecule has 0 radical (unpaired) electrons. The van der Waals surface area contributed by atoms with Crippen LogP contribution in [0.1, 0.15) is 43.7 Å². The molecule has 0 bridgehead atoms. The molecule has 1 saturated heterocycles. The number of methoxy groups -OCH3 is 1. The third kappa shape index (κ3) is 1.69. The molecule has 4 heteroatoms. The Labute approximate surface area is 138 Å². The maximum absolute atomic E-state index is 11.9. The van der Waals surface area contributed by atoms with E-state index in [0.717, 1.165) is 43.7 Å². The van der Waals surface area contributed by atoms with Crippen molar-refractivity contribution < 1.29 is 14.6 Å². The average Bonchev–Trinajstić information content (AvgIpc) is 2.88. The maximum atomic E-state index is 11.9. The van der Waals surface area contributed by atoms with E-state index < -0.39 is 5.60 Å². The second-order valence-corrected chi connectivity index (χ2v) is 7.59. The van der Waals surface area contributed by atoms with Crippen LogP contribution in [0.15, 0.2) is 12.1 Å². The minimum absolute atomic E-state index is 0.0578. The van der Waals surface area contributed by atoms with Gasteiger partial charge < -0.3 is 19.5 Å². The minimum atomic E-state index is -0.745. The fourth-order valence-electron chi connectivity index (χ4n) is 5.47. The number of fused-ring (bicyclic) bond motifs is 1. The van der Waals surface area contributed by atoms with Crippen LogP contribution in [0.3, 0.4) is 0 Å². The molecule has 1 saturated carbocycles. The average molecular weight is 317 g/mol. The number of nitrogens with zero attached hydrogens (tertiary/aromatic N) is 1. The largest absolute Gasteiger partial charge is 0.493 e. The van der Waals surface area contributed by atoms with E-state index in [-0.39, 0.29) is 17.6 Å². The highest BCUT2D eigenvalue weighted by atomic mass is 16.5. The summed E-state index contributed by atoms with van der Waals surface area (Å²) in [6.07, 6.45) is 3.86. The van der Waals surface area contributed by atoms with Gasteiger partial charge in [-0.05, 0) is 64.8 Å². The van der Waals surface area contributed by atoms with Crippen LogP contribution in [0.4, 0.5) is 0 Å². The van der Waals surface area contributed by atoms with Crippen LogP contribution in [0.5, 0.6) is 11.5 Å². The molecule has 4 nitrogen and oxygen atoms in total. The zero-order chi connectivity index (χ0) is 16.4. The van der Waals surface area contributed by atoms with E-state index in [1.165, 1.54) is 11.1 Å². The standard InChI is InChI=1S/C19H27NO3/c1-12-7-8-14(22-4)17-16(12)18-10-11-20(3)13(2)19(18,21)9-5-6-15(18)23-17/h7-8,13,15,21H,5-6,9-11H2,1-4H3/t13-,15+,18-,19-/m0/s1. The fourth-order valence-corrected chi connectivity index (χ4v) is 5.47. The van der Waals surface area contributed by atoms with E-state index in [1.807, 2.05) is 6.07 Å². The Hall–Kier alpha value is -1.26. The lowest BCUT2D eigenvalue weighted by atomic mass is 9.53. The lowest BCUT2D eigenvalue weighted by molar-refractivity contribution is -0.170. The van der Waals surface area contributed by atoms with Crippen LogP contribution in [0, 0.1) is 6.92 Å². The maximum Gasteiger partial charge on any atom is 0.165 e. The quantitative estimate of drug-likeness (QED) is 0.864. The molecule has 3 aliphatic rings. The number of likely N-dealkylation sites (tertiary alicyclic amines) is 1. The number of hydrogen-bond acceptors (Lipinski definition) is 4. The van der Waals surface area contributed by atoms with Gasteiger partial charge in [-0.3, -0.25) is 0 Å². The summed E-state index contributed by atoms with van der Waals surface area (Å²) in [6.45, 7) is 5.28. The van der Waals surface area contributed by atoms with Crippen molar-refractivity contribution in [3.8, 4) is 11.5 Å². The molecule has 1 aromatic carbocycles. The van der Waals surface area contributed by atoms with Crippen molar-refractivity contribution in [2.45, 2.75) is 62.7 Å². The van der Waals surface area contributed by atoms with E-state index in [2.05, 4.69) is 31.9 Å². The Bertz CT molecular complexity index is 646. The van der Waals surface area contributed by atoms with Gasteiger partial charge in [0.25, 0.3) is 0 Å². The Morgan fingerprint density at radius 3 is 2.87 bits per heavy atom. The highest BCUT2D eigenvalue weighted by molar-refractivity contribution is 5.60. The molecule has 23 heavy (non-hydrogen) atoms. The van der Waals surface area contributed by atoms with Crippen molar-refractivity contribution >= 4 is 0 Å². The summed E-state index contributed by atoms with van der Waals surface area (Å²) >= 11 is 0. The van der Waals surface area contributed by atoms with Gasteiger partial charge in [-0.1, -0.05) is 6.07 Å². The summed E-state index contributed by atoms with van der Waals surface area (Å²) in [5.41, 5.74) is 1.36. The molecule has 0 aromatic heterocycles. The zero-order valence-electron chi connectivity index (χ0n) is 14.6. The van der Waals surface area contributed by atoms with Crippen LogP contribution in [0.2, 0.25) is 0 Å². The molecule has 1 N–H and O–H groups in total. The predicted molar refractivity (Wildman–Crippen MR) is 89.3 cm³/mol. The van der Waals surface area contributed by atoms with Crippen molar-refractivity contribution in [2.24, 2.45) is 0 Å². The second-order valence-electron chi connectivity index (χ2n) is 7.59. The number of aryl methyl sites for hydroxylation is 1. The summed E-state index contributed by atoms with van der Waals surface area (Å²) in [6, 6.07) is 4.22. The van der Waals surface area contributed by atoms with Crippen LogP contribution in [0.25, 0.3) is 0 Å². The molecule has 126 valence electrons. The Kier molecular flexibility index (Phi) is 3.23. The molecule has 0 amide bonds. The summed E-state index contributed by atoms with van der Waals surface area (Å²) in [4.78, 5) is 2.29. The van der Waals surface area contributed by atoms with E-state index >= 15 is 0 Å². The number of piperidine rings is 1. The van der Waals surface area contributed by atoms with Crippen molar-refractivity contribution in [3.05, 3.63) is 23.3 Å². The van der Waals surface area contributed by atoms with E-state index in [1.54, 1.807) is 7.11 Å². The van der Waals surface area contributed by atoms with Crippen molar-refractivity contribution in [2.75, 3.05) is 20.7 Å². The summed E-state index contributed by atoms with van der Waals surface area (Å²) in [7, 11) is 3.81. The topological polar surface area (TPSA) is 41.9 Å². The first-order valence-corrected chi connectivity index (χ1v) is 8.73. The molecule has 1 aliphatic carbocycles. The smallest absolute Gasteiger partial charge is 0.165 e. The normalized spacial score (nSPS) is 39.2. The van der Waals surface area contributed by atoms with Gasteiger partial charge in [0.2, 0.25) is 0 Å². The third-order valence-electron chi connectivity index (χ3n) is 6.81. The number of benzene rings is 1. The summed E-state index contributed by atoms with van der Waals surface area (Å²) < 4.78 is 12.0. The lowest BCUT2D eigenvalue weighted by Gasteiger charge is -2.59. The lowest BCUT2D eigenvalue weighted by Crippen LogP contribution is -2.71. The van der Waals surface area contributed by atoms with Gasteiger partial charge in [-0.2, -0.15) is 0 Å². The van der Waals surface area contributed by atoms with E-state index in [0.29, 0.717) is 0 Å². The molecule has 2 fully saturated rings. The van der Waals surface area contributed by atoms with E-state index in [9.17, 15) is 5.11 Å². The van der Waals surface area contributed by atoms with Crippen LogP contribution in [-0.4, -0.2) is 48.5 Å². The Morgan fingerprint density at radius 2 is 2.13 bits per heavy atom. The SMILES string of the molecule is COc1ccc(C)c2c1O[C@@H]1CCC[C@]3(O)[C@H](C)N(C)CC[C@@]213. The highest BCUT2D eigenvalue weighted by Gasteiger charge is 2.67.